The Balaban J connectivity index is 3.88. The molecular formula is C10H20NO2-. The van der Waals surface area contributed by atoms with Crippen LogP contribution in [-0.2, 0) is 4.79 Å². The van der Waals surface area contributed by atoms with E-state index >= 15 is 0 Å². The number of carbonyl (C=O) groups excluding carboxylic acids is 1. The maximum Gasteiger partial charge on any atom is 0.0555 e. The van der Waals surface area contributed by atoms with E-state index in [2.05, 4.69) is 13.8 Å². The fourth-order valence-electron chi connectivity index (χ4n) is 1.11. The van der Waals surface area contributed by atoms with E-state index in [1.807, 2.05) is 18.7 Å². The zero-order valence-corrected chi connectivity index (χ0v) is 9.04. The van der Waals surface area contributed by atoms with Crippen LogP contribution in [0.15, 0.2) is 0 Å². The van der Waals surface area contributed by atoms with Crippen molar-refractivity contribution >= 4 is 5.97 Å². The van der Waals surface area contributed by atoms with Crippen molar-refractivity contribution in [1.29, 1.82) is 0 Å². The van der Waals surface area contributed by atoms with Gasteiger partial charge in [-0.25, -0.2) is 0 Å². The maximum atomic E-state index is 10.4. The zero-order chi connectivity index (χ0) is 10.4. The molecule has 0 aromatic rings. The topological polar surface area (TPSA) is 43.4 Å². The summed E-state index contributed by atoms with van der Waals surface area (Å²) in [7, 11) is 0. The van der Waals surface area contributed by atoms with Crippen LogP contribution in [0.2, 0.25) is 0 Å². The Morgan fingerprint density at radius 3 is 2.15 bits per heavy atom. The van der Waals surface area contributed by atoms with Crippen LogP contribution in [0, 0.1) is 5.92 Å². The molecule has 3 heteroatoms. The van der Waals surface area contributed by atoms with Gasteiger partial charge in [0, 0.05) is 12.6 Å². The second kappa shape index (κ2) is 5.97. The first-order chi connectivity index (χ1) is 5.93. The standard InChI is InChI=1S/C10H21NO2/c1-8(2)5-6-11(9(3)4)7-10(12)13/h8-9H,5-7H2,1-4H3,(H,12,13)/p-1. The van der Waals surface area contributed by atoms with Crippen molar-refractivity contribution in [1.82, 2.24) is 4.90 Å². The molecule has 0 saturated heterocycles. The van der Waals surface area contributed by atoms with E-state index in [0.29, 0.717) is 5.92 Å². The number of carboxylic acids is 1. The van der Waals surface area contributed by atoms with Gasteiger partial charge in [-0.3, -0.25) is 4.90 Å². The van der Waals surface area contributed by atoms with E-state index in [-0.39, 0.29) is 12.6 Å². The minimum absolute atomic E-state index is 0.0460. The van der Waals surface area contributed by atoms with Crippen molar-refractivity contribution in [3.8, 4) is 0 Å². The van der Waals surface area contributed by atoms with Gasteiger partial charge in [-0.05, 0) is 32.7 Å². The highest BCUT2D eigenvalue weighted by Crippen LogP contribution is 2.04. The van der Waals surface area contributed by atoms with Crippen molar-refractivity contribution < 1.29 is 9.90 Å². The Hall–Kier alpha value is -0.570. The highest BCUT2D eigenvalue weighted by Gasteiger charge is 2.09. The summed E-state index contributed by atoms with van der Waals surface area (Å²) in [5.41, 5.74) is 0. The monoisotopic (exact) mass is 186 g/mol. The van der Waals surface area contributed by atoms with E-state index in [1.54, 1.807) is 0 Å². The van der Waals surface area contributed by atoms with E-state index in [9.17, 15) is 9.90 Å². The molecular weight excluding hydrogens is 166 g/mol. The number of hydrogen-bond donors (Lipinski definition) is 0. The number of aliphatic carboxylic acids is 1. The Labute approximate surface area is 80.7 Å². The van der Waals surface area contributed by atoms with E-state index in [0.717, 1.165) is 13.0 Å². The van der Waals surface area contributed by atoms with Crippen molar-refractivity contribution in [3.05, 3.63) is 0 Å². The van der Waals surface area contributed by atoms with Crippen LogP contribution in [-0.4, -0.2) is 30.0 Å². The molecule has 0 fully saturated rings. The molecule has 13 heavy (non-hydrogen) atoms. The van der Waals surface area contributed by atoms with Crippen LogP contribution in [0.3, 0.4) is 0 Å². The fraction of sp³-hybridized carbons (Fsp3) is 0.900. The normalized spacial score (nSPS) is 11.6. The largest absolute Gasteiger partial charge is 0.549 e. The molecule has 0 saturated carbocycles. The van der Waals surface area contributed by atoms with Crippen LogP contribution < -0.4 is 5.11 Å². The minimum atomic E-state index is -0.988. The van der Waals surface area contributed by atoms with Crippen molar-refractivity contribution in [2.24, 2.45) is 5.92 Å². The lowest BCUT2D eigenvalue weighted by molar-refractivity contribution is -0.306. The minimum Gasteiger partial charge on any atom is -0.549 e. The Morgan fingerprint density at radius 2 is 1.85 bits per heavy atom. The van der Waals surface area contributed by atoms with Crippen LogP contribution in [0.5, 0.6) is 0 Å². The van der Waals surface area contributed by atoms with Crippen molar-refractivity contribution in [2.75, 3.05) is 13.1 Å². The van der Waals surface area contributed by atoms with Crippen molar-refractivity contribution in [2.45, 2.75) is 40.2 Å². The summed E-state index contributed by atoms with van der Waals surface area (Å²) in [6.07, 6.45) is 1.03. The van der Waals surface area contributed by atoms with Gasteiger partial charge in [0.1, 0.15) is 0 Å². The van der Waals surface area contributed by atoms with Crippen LogP contribution in [0.25, 0.3) is 0 Å². The van der Waals surface area contributed by atoms with Gasteiger partial charge in [-0.2, -0.15) is 0 Å². The molecule has 0 aliphatic carbocycles. The van der Waals surface area contributed by atoms with Gasteiger partial charge in [0.2, 0.25) is 0 Å². The summed E-state index contributed by atoms with van der Waals surface area (Å²) >= 11 is 0. The summed E-state index contributed by atoms with van der Waals surface area (Å²) < 4.78 is 0. The molecule has 0 spiro atoms. The van der Waals surface area contributed by atoms with E-state index in [1.165, 1.54) is 0 Å². The molecule has 0 aromatic carbocycles. The third-order valence-corrected chi connectivity index (χ3v) is 2.06. The summed E-state index contributed by atoms with van der Waals surface area (Å²) in [5, 5.41) is 10.4. The Morgan fingerprint density at radius 1 is 1.31 bits per heavy atom. The molecule has 0 bridgehead atoms. The Kier molecular flexibility index (Phi) is 5.71. The maximum absolute atomic E-state index is 10.4. The van der Waals surface area contributed by atoms with Gasteiger partial charge in [0.25, 0.3) is 0 Å². The van der Waals surface area contributed by atoms with Crippen LogP contribution in [0.4, 0.5) is 0 Å². The lowest BCUT2D eigenvalue weighted by Crippen LogP contribution is -2.42. The second-order valence-corrected chi connectivity index (χ2v) is 4.12. The molecule has 0 aromatic heterocycles. The molecule has 0 atom stereocenters. The first-order valence-electron chi connectivity index (χ1n) is 4.87. The van der Waals surface area contributed by atoms with Gasteiger partial charge in [0.05, 0.1) is 5.97 Å². The smallest absolute Gasteiger partial charge is 0.0555 e. The molecule has 0 unspecified atom stereocenters. The predicted molar refractivity (Wildman–Crippen MR) is 51.2 cm³/mol. The Bertz CT molecular complexity index is 155. The highest BCUT2D eigenvalue weighted by molar-refractivity contribution is 5.66. The second-order valence-electron chi connectivity index (χ2n) is 4.12. The van der Waals surface area contributed by atoms with Gasteiger partial charge in [-0.15, -0.1) is 0 Å². The molecule has 0 amide bonds. The van der Waals surface area contributed by atoms with Crippen molar-refractivity contribution in [3.63, 3.8) is 0 Å². The lowest BCUT2D eigenvalue weighted by Gasteiger charge is -2.27. The number of rotatable bonds is 6. The number of carboxylic acid groups (broad SMARTS) is 1. The quantitative estimate of drug-likeness (QED) is 0.606. The first-order valence-corrected chi connectivity index (χ1v) is 4.87. The first kappa shape index (κ1) is 12.4. The summed E-state index contributed by atoms with van der Waals surface area (Å²) in [4.78, 5) is 12.3. The third kappa shape index (κ3) is 6.58. The molecule has 0 radical (unpaired) electrons. The predicted octanol–water partition coefficient (Wildman–Crippen LogP) is 0.493. The molecule has 0 aliphatic rings. The molecule has 0 aliphatic heterocycles. The van der Waals surface area contributed by atoms with Gasteiger partial charge in [-0.1, -0.05) is 13.8 Å². The number of nitrogens with zero attached hydrogens (tertiary/aromatic N) is 1. The number of carbonyl (C=O) groups is 1. The highest BCUT2D eigenvalue weighted by atomic mass is 16.4. The molecule has 0 heterocycles. The van der Waals surface area contributed by atoms with Gasteiger partial charge >= 0.3 is 0 Å². The molecule has 0 N–H and O–H groups in total. The van der Waals surface area contributed by atoms with Gasteiger partial charge in [0.15, 0.2) is 0 Å². The zero-order valence-electron chi connectivity index (χ0n) is 9.04. The van der Waals surface area contributed by atoms with Crippen LogP contribution >= 0.6 is 0 Å². The average molecular weight is 186 g/mol. The van der Waals surface area contributed by atoms with Gasteiger partial charge < -0.3 is 9.90 Å². The summed E-state index contributed by atoms with van der Waals surface area (Å²) in [6.45, 7) is 9.16. The average Bonchev–Trinajstić information content (AvgIpc) is 1.96. The summed E-state index contributed by atoms with van der Waals surface area (Å²) in [6, 6.07) is 0.275. The molecule has 0 rings (SSSR count). The lowest BCUT2D eigenvalue weighted by atomic mass is 10.1. The molecule has 3 nitrogen and oxygen atoms in total. The SMILES string of the molecule is CC(C)CCN(CC(=O)[O-])C(C)C. The van der Waals surface area contributed by atoms with E-state index < -0.39 is 5.97 Å². The number of hydrogen-bond acceptors (Lipinski definition) is 3. The van der Waals surface area contributed by atoms with E-state index in [4.69, 9.17) is 0 Å². The van der Waals surface area contributed by atoms with Crippen LogP contribution in [0.1, 0.15) is 34.1 Å². The summed E-state index contributed by atoms with van der Waals surface area (Å²) in [5.74, 6) is -0.375. The fourth-order valence-corrected chi connectivity index (χ4v) is 1.11. The molecule has 78 valence electrons. The third-order valence-electron chi connectivity index (χ3n) is 2.06.